The molecule has 0 radical (unpaired) electrons. The van der Waals surface area contributed by atoms with E-state index in [4.69, 9.17) is 0 Å². The molecular weight excluding hydrogens is 563 g/mol. The van der Waals surface area contributed by atoms with E-state index in [1.54, 1.807) is 35.7 Å². The molecule has 0 spiro atoms. The molecule has 0 aliphatic heterocycles. The van der Waals surface area contributed by atoms with Crippen molar-refractivity contribution in [3.8, 4) is 28.2 Å². The summed E-state index contributed by atoms with van der Waals surface area (Å²) in [7, 11) is 0. The van der Waals surface area contributed by atoms with Crippen LogP contribution < -0.4 is 0 Å². The fourth-order valence-electron chi connectivity index (χ4n) is 2.64. The summed E-state index contributed by atoms with van der Waals surface area (Å²) in [6, 6.07) is 27.7. The minimum absolute atomic E-state index is 0. The average molecular weight is 583 g/mol. The molecule has 0 unspecified atom stereocenters. The molecule has 4 heterocycles. The molecule has 0 aliphatic carbocycles. The van der Waals surface area contributed by atoms with Crippen LogP contribution in [0.25, 0.3) is 28.2 Å². The quantitative estimate of drug-likeness (QED) is 0.277. The van der Waals surface area contributed by atoms with E-state index in [2.05, 4.69) is 32.2 Å². The molecule has 31 heavy (non-hydrogen) atoms. The predicted octanol–water partition coefficient (Wildman–Crippen LogP) is 5.13. The van der Waals surface area contributed by atoms with E-state index in [9.17, 15) is 0 Å². The first-order valence-corrected chi connectivity index (χ1v) is 9.07. The van der Waals surface area contributed by atoms with Gasteiger partial charge in [0.05, 0.1) is 0 Å². The molecule has 5 aromatic rings. The van der Waals surface area contributed by atoms with Crippen molar-refractivity contribution in [2.45, 2.75) is 0 Å². The predicted molar refractivity (Wildman–Crippen MR) is 118 cm³/mol. The molecule has 0 N–H and O–H groups in total. The zero-order valence-corrected chi connectivity index (χ0v) is 19.3. The minimum Gasteiger partial charge on any atom is -0.358 e. The van der Waals surface area contributed by atoms with Gasteiger partial charge in [-0.25, -0.2) is 0 Å². The molecule has 154 valence electrons. The van der Waals surface area contributed by atoms with Crippen LogP contribution in [0, 0.1) is 19.6 Å². The van der Waals surface area contributed by atoms with Gasteiger partial charge in [0.25, 0.3) is 0 Å². The van der Waals surface area contributed by atoms with Crippen LogP contribution in [0.15, 0.2) is 104 Å². The normalized spacial score (nSPS) is 9.42. The molecule has 0 saturated heterocycles. The number of nitrogens with zero attached hydrogens (tertiary/aromatic N) is 5. The number of rotatable bonds is 3. The summed E-state index contributed by atoms with van der Waals surface area (Å²) in [4.78, 5) is 12.7. The number of hydrogen-bond donors (Lipinski definition) is 0. The van der Waals surface area contributed by atoms with Crippen LogP contribution >= 0.6 is 0 Å². The van der Waals surface area contributed by atoms with Gasteiger partial charge >= 0.3 is 20.1 Å². The maximum absolute atomic E-state index is 4.27. The van der Waals surface area contributed by atoms with Gasteiger partial charge in [-0.3, -0.25) is 4.68 Å². The van der Waals surface area contributed by atoms with Gasteiger partial charge in [-0.05, 0) is 41.5 Å². The zero-order chi connectivity index (χ0) is 19.7. The summed E-state index contributed by atoms with van der Waals surface area (Å²) in [5.41, 5.74) is 4.53. The third-order valence-corrected chi connectivity index (χ3v) is 4.01. The molecule has 0 aliphatic rings. The van der Waals surface area contributed by atoms with E-state index in [-0.39, 0.29) is 27.5 Å². The molecule has 0 atom stereocenters. The van der Waals surface area contributed by atoms with Crippen molar-refractivity contribution in [1.29, 1.82) is 0 Å². The van der Waals surface area contributed by atoms with E-state index in [0.717, 1.165) is 28.2 Å². The number of pyridine rings is 3. The van der Waals surface area contributed by atoms with E-state index < -0.39 is 0 Å². The third kappa shape index (κ3) is 6.51. The summed E-state index contributed by atoms with van der Waals surface area (Å²) in [5.74, 6) is 0. The van der Waals surface area contributed by atoms with Crippen molar-refractivity contribution in [2.75, 3.05) is 0 Å². The van der Waals surface area contributed by atoms with E-state index in [1.165, 1.54) is 0 Å². The van der Waals surface area contributed by atoms with Crippen molar-refractivity contribution < 1.29 is 20.1 Å². The fourth-order valence-corrected chi connectivity index (χ4v) is 2.64. The van der Waals surface area contributed by atoms with Crippen LogP contribution in [0.2, 0.25) is 0 Å². The van der Waals surface area contributed by atoms with Gasteiger partial charge in [0.1, 0.15) is 0 Å². The van der Waals surface area contributed by atoms with Crippen LogP contribution in [0.4, 0.5) is 0 Å². The SMILES string of the molecule is [CH3-].[Ir+3].[c-]1c(-c2ccccn2)cncc1-n1cccn1.[c-]1ccccc1-c1ccccn1. The van der Waals surface area contributed by atoms with Gasteiger partial charge in [0.15, 0.2) is 0 Å². The van der Waals surface area contributed by atoms with Crippen LogP contribution in [0.5, 0.6) is 0 Å². The largest absolute Gasteiger partial charge is 3.00 e. The van der Waals surface area contributed by atoms with Gasteiger partial charge < -0.3 is 22.4 Å². The van der Waals surface area contributed by atoms with Crippen LogP contribution in [-0.4, -0.2) is 24.7 Å². The molecule has 0 saturated carbocycles. The Morgan fingerprint density at radius 2 is 1.42 bits per heavy atom. The third-order valence-electron chi connectivity index (χ3n) is 4.01. The molecule has 0 fully saturated rings. The molecule has 5 rings (SSSR count). The topological polar surface area (TPSA) is 56.5 Å². The zero-order valence-electron chi connectivity index (χ0n) is 16.9. The Morgan fingerprint density at radius 1 is 0.710 bits per heavy atom. The van der Waals surface area contributed by atoms with Crippen molar-refractivity contribution >= 4 is 0 Å². The molecule has 0 amide bonds. The Morgan fingerprint density at radius 3 is 2.00 bits per heavy atom. The van der Waals surface area contributed by atoms with Crippen molar-refractivity contribution in [1.82, 2.24) is 24.7 Å². The van der Waals surface area contributed by atoms with Crippen LogP contribution in [0.3, 0.4) is 0 Å². The Kier molecular flexibility index (Phi) is 9.43. The average Bonchev–Trinajstić information content (AvgIpc) is 3.37. The van der Waals surface area contributed by atoms with Gasteiger partial charge in [0, 0.05) is 24.8 Å². The Hall–Kier alpha value is -3.47. The first kappa shape index (κ1) is 23.8. The first-order valence-electron chi connectivity index (χ1n) is 9.07. The first-order chi connectivity index (χ1) is 14.4. The van der Waals surface area contributed by atoms with E-state index >= 15 is 0 Å². The molecule has 4 aromatic heterocycles. The van der Waals surface area contributed by atoms with Crippen molar-refractivity contribution in [2.24, 2.45) is 0 Å². The van der Waals surface area contributed by atoms with Gasteiger partial charge in [0.2, 0.25) is 0 Å². The van der Waals surface area contributed by atoms with Crippen molar-refractivity contribution in [3.63, 3.8) is 0 Å². The Balaban J connectivity index is 0.000000218. The Bertz CT molecular complexity index is 1090. The second-order valence-corrected chi connectivity index (χ2v) is 5.99. The van der Waals surface area contributed by atoms with Gasteiger partial charge in [-0.2, -0.15) is 5.10 Å². The maximum Gasteiger partial charge on any atom is 3.00 e. The molecule has 6 heteroatoms. The van der Waals surface area contributed by atoms with Crippen LogP contribution in [0.1, 0.15) is 0 Å². The standard InChI is InChI=1S/C13H9N4.C11H8N.CH3.Ir/c1-2-5-15-13(4-1)11-8-12(10-14-9-11)17-7-3-6-16-17;1-2-6-10(7-3-1)11-8-4-5-9-12-11;;/h1-7,9-10H;1-6,8-9H;1H3;/q3*-1;+3. The second-order valence-electron chi connectivity index (χ2n) is 5.99. The van der Waals surface area contributed by atoms with Crippen molar-refractivity contribution in [3.05, 3.63) is 123 Å². The molecule has 5 nitrogen and oxygen atoms in total. The second kappa shape index (κ2) is 12.3. The molecular formula is C25H20IrN5. The van der Waals surface area contributed by atoms with Gasteiger partial charge in [-0.15, -0.1) is 47.5 Å². The monoisotopic (exact) mass is 583 g/mol. The molecule has 1 aromatic carbocycles. The van der Waals surface area contributed by atoms with E-state index in [1.807, 2.05) is 72.9 Å². The summed E-state index contributed by atoms with van der Waals surface area (Å²) in [6.45, 7) is 0. The fraction of sp³-hybridized carbons (Fsp3) is 0. The summed E-state index contributed by atoms with van der Waals surface area (Å²) >= 11 is 0. The van der Waals surface area contributed by atoms with Gasteiger partial charge in [-0.1, -0.05) is 30.5 Å². The minimum atomic E-state index is 0. The number of benzene rings is 1. The summed E-state index contributed by atoms with van der Waals surface area (Å²) < 4.78 is 1.72. The van der Waals surface area contributed by atoms with E-state index in [0.29, 0.717) is 0 Å². The number of hydrogen-bond acceptors (Lipinski definition) is 4. The number of aromatic nitrogens is 5. The summed E-state index contributed by atoms with van der Waals surface area (Å²) in [6.07, 6.45) is 10.6. The smallest absolute Gasteiger partial charge is 0.358 e. The Labute approximate surface area is 196 Å². The summed E-state index contributed by atoms with van der Waals surface area (Å²) in [5, 5.41) is 4.15. The molecule has 0 bridgehead atoms. The maximum atomic E-state index is 4.27. The van der Waals surface area contributed by atoms with Crippen LogP contribution in [-0.2, 0) is 20.1 Å².